The number of ether oxygens (including phenoxy) is 3. The number of nitrogens with one attached hydrogen (secondary N) is 2. The van der Waals surface area contributed by atoms with E-state index < -0.39 is 59.4 Å². The predicted molar refractivity (Wildman–Crippen MR) is 131 cm³/mol. The topological polar surface area (TPSA) is 144 Å². The van der Waals surface area contributed by atoms with Gasteiger partial charge in [0, 0.05) is 19.0 Å². The number of esters is 1. The van der Waals surface area contributed by atoms with Crippen molar-refractivity contribution in [3.8, 4) is 0 Å². The van der Waals surface area contributed by atoms with E-state index >= 15 is 0 Å². The standard InChI is InChI=1S/C26H31F3N4O8/c1-32-11-15(40-14-6-8-30-9-7-14)10-13(32)12-39-18-4-2-16-20(21(18)41-25(38)26(27,28)29)24(37)33(23(16)36)17-3-5-19(34)31-22(17)35/h2,4,13-17,20,30H,3,5-12H2,1H3,(H,31,34,35)/t13-,15+,16?,17?,20?/m0/s1. The molecule has 0 saturated carbocycles. The number of allylic oxidation sites excluding steroid dienone is 1. The Balaban J connectivity index is 1.34. The number of hydrogen-bond donors (Lipinski definition) is 2. The van der Waals surface area contributed by atoms with Gasteiger partial charge in [0.1, 0.15) is 18.6 Å². The van der Waals surface area contributed by atoms with E-state index in [9.17, 15) is 37.1 Å². The van der Waals surface area contributed by atoms with Crippen LogP contribution in [0, 0.1) is 11.8 Å². The van der Waals surface area contributed by atoms with Gasteiger partial charge in [0.05, 0.1) is 18.1 Å². The van der Waals surface area contributed by atoms with Crippen LogP contribution in [-0.2, 0) is 38.2 Å². The quantitative estimate of drug-likeness (QED) is 0.313. The lowest BCUT2D eigenvalue weighted by Gasteiger charge is -2.28. The number of piperidine rings is 2. The molecule has 224 valence electrons. The molecule has 4 aliphatic heterocycles. The molecular formula is C26H31F3N4O8. The van der Waals surface area contributed by atoms with Crippen LogP contribution in [0.15, 0.2) is 23.7 Å². The lowest BCUT2D eigenvalue weighted by molar-refractivity contribution is -0.196. The summed E-state index contributed by atoms with van der Waals surface area (Å²) in [5, 5.41) is 5.33. The van der Waals surface area contributed by atoms with Gasteiger partial charge in [-0.2, -0.15) is 13.2 Å². The van der Waals surface area contributed by atoms with Crippen LogP contribution in [0.5, 0.6) is 0 Å². The van der Waals surface area contributed by atoms with E-state index in [0.29, 0.717) is 17.9 Å². The van der Waals surface area contributed by atoms with E-state index in [-0.39, 0.29) is 43.5 Å². The van der Waals surface area contributed by atoms with Gasteiger partial charge >= 0.3 is 12.1 Å². The van der Waals surface area contributed by atoms with E-state index in [0.717, 1.165) is 25.9 Å². The molecule has 0 aromatic carbocycles. The molecule has 0 radical (unpaired) electrons. The van der Waals surface area contributed by atoms with Crippen LogP contribution in [0.25, 0.3) is 0 Å². The van der Waals surface area contributed by atoms with Crippen molar-refractivity contribution in [2.45, 2.75) is 62.6 Å². The summed E-state index contributed by atoms with van der Waals surface area (Å²) >= 11 is 0. The molecule has 41 heavy (non-hydrogen) atoms. The van der Waals surface area contributed by atoms with E-state index in [2.05, 4.69) is 15.4 Å². The summed E-state index contributed by atoms with van der Waals surface area (Å²) in [7, 11) is 1.86. The molecular weight excluding hydrogens is 553 g/mol. The van der Waals surface area contributed by atoms with Crippen molar-refractivity contribution in [1.82, 2.24) is 20.4 Å². The van der Waals surface area contributed by atoms with Crippen LogP contribution in [-0.4, -0.2) is 103 Å². The second-order valence-corrected chi connectivity index (χ2v) is 10.8. The van der Waals surface area contributed by atoms with Gasteiger partial charge in [-0.1, -0.05) is 6.08 Å². The van der Waals surface area contributed by atoms with Gasteiger partial charge < -0.3 is 19.5 Å². The van der Waals surface area contributed by atoms with Crippen molar-refractivity contribution in [2.75, 3.05) is 33.3 Å². The summed E-state index contributed by atoms with van der Waals surface area (Å²) in [5.41, 5.74) is 0. The van der Waals surface area contributed by atoms with E-state index in [1.807, 2.05) is 11.9 Å². The van der Waals surface area contributed by atoms with Crippen LogP contribution < -0.4 is 10.6 Å². The number of imide groups is 2. The zero-order valence-corrected chi connectivity index (χ0v) is 22.3. The van der Waals surface area contributed by atoms with Crippen molar-refractivity contribution >= 4 is 29.6 Å². The van der Waals surface area contributed by atoms with Crippen LogP contribution in [0.1, 0.15) is 32.1 Å². The van der Waals surface area contributed by atoms with Crippen molar-refractivity contribution < 1.29 is 51.4 Å². The Kier molecular flexibility index (Phi) is 8.21. The Morgan fingerprint density at radius 2 is 1.80 bits per heavy atom. The third-order valence-corrected chi connectivity index (χ3v) is 8.07. The highest BCUT2D eigenvalue weighted by molar-refractivity contribution is 6.12. The van der Waals surface area contributed by atoms with Gasteiger partial charge in [0.25, 0.3) is 0 Å². The Morgan fingerprint density at radius 1 is 1.07 bits per heavy atom. The molecule has 4 amide bonds. The van der Waals surface area contributed by atoms with Gasteiger partial charge in [-0.15, -0.1) is 0 Å². The SMILES string of the molecule is CN1C[C@H](OC2CCNCC2)C[C@H]1COC1=C(OC(=O)C(F)(F)F)C2C(=O)N(C3CCC(=O)NC3=O)C(=O)C2C=C1. The highest BCUT2D eigenvalue weighted by atomic mass is 19.4. The Morgan fingerprint density at radius 3 is 2.49 bits per heavy atom. The van der Waals surface area contributed by atoms with Crippen LogP contribution >= 0.6 is 0 Å². The molecule has 0 aromatic heterocycles. The summed E-state index contributed by atoms with van der Waals surface area (Å²) in [4.78, 5) is 65.0. The van der Waals surface area contributed by atoms with Crippen LogP contribution in [0.4, 0.5) is 13.2 Å². The molecule has 0 aromatic rings. The summed E-state index contributed by atoms with van der Waals surface area (Å²) in [6.07, 6.45) is -0.666. The fourth-order valence-electron chi connectivity index (χ4n) is 5.95. The molecule has 0 spiro atoms. The number of hydrogen-bond acceptors (Lipinski definition) is 10. The lowest BCUT2D eigenvalue weighted by atomic mass is 9.88. The lowest BCUT2D eigenvalue weighted by Crippen LogP contribution is -2.54. The number of carbonyl (C=O) groups is 5. The highest BCUT2D eigenvalue weighted by Gasteiger charge is 2.56. The monoisotopic (exact) mass is 584 g/mol. The number of halogens is 3. The first-order valence-electron chi connectivity index (χ1n) is 13.5. The third-order valence-electron chi connectivity index (χ3n) is 8.07. The fraction of sp³-hybridized carbons (Fsp3) is 0.654. The first kappa shape index (κ1) is 29.2. The molecule has 2 N–H and O–H groups in total. The van der Waals surface area contributed by atoms with Gasteiger partial charge in [-0.25, -0.2) is 4.79 Å². The number of rotatable bonds is 7. The molecule has 5 rings (SSSR count). The predicted octanol–water partition coefficient (Wildman–Crippen LogP) is 0.138. The largest absolute Gasteiger partial charge is 0.491 e. The molecule has 5 aliphatic rings. The number of likely N-dealkylation sites (tertiary alicyclic amines) is 2. The van der Waals surface area contributed by atoms with Crippen LogP contribution in [0.2, 0.25) is 0 Å². The third kappa shape index (κ3) is 6.02. The average Bonchev–Trinajstić information content (AvgIpc) is 3.39. The highest BCUT2D eigenvalue weighted by Crippen LogP contribution is 2.41. The zero-order valence-electron chi connectivity index (χ0n) is 22.3. The minimum absolute atomic E-state index is 0.00823. The second-order valence-electron chi connectivity index (χ2n) is 10.8. The number of amides is 4. The Hall–Kier alpha value is -3.30. The maximum absolute atomic E-state index is 13.4. The van der Waals surface area contributed by atoms with E-state index in [4.69, 9.17) is 9.47 Å². The summed E-state index contributed by atoms with van der Waals surface area (Å²) < 4.78 is 56.3. The number of carbonyl (C=O) groups excluding carboxylic acids is 5. The van der Waals surface area contributed by atoms with Crippen molar-refractivity contribution in [1.29, 1.82) is 0 Å². The molecule has 5 atom stereocenters. The number of nitrogens with zero attached hydrogens (tertiary/aromatic N) is 2. The van der Waals surface area contributed by atoms with Gasteiger partial charge in [-0.3, -0.25) is 34.3 Å². The maximum Gasteiger partial charge on any atom is 0.491 e. The summed E-state index contributed by atoms with van der Waals surface area (Å²) in [6, 6.07) is -1.50. The van der Waals surface area contributed by atoms with Gasteiger partial charge in [-0.05, 0) is 51.9 Å². The summed E-state index contributed by atoms with van der Waals surface area (Å²) in [5.74, 6) is -9.86. The molecule has 15 heteroatoms. The molecule has 4 fully saturated rings. The molecule has 0 bridgehead atoms. The maximum atomic E-state index is 13.4. The van der Waals surface area contributed by atoms with Gasteiger partial charge in [0.15, 0.2) is 11.5 Å². The van der Waals surface area contributed by atoms with Crippen molar-refractivity contribution in [3.63, 3.8) is 0 Å². The zero-order chi connectivity index (χ0) is 29.5. The van der Waals surface area contributed by atoms with Crippen molar-refractivity contribution in [3.05, 3.63) is 23.7 Å². The normalized spacial score (nSPS) is 31.5. The van der Waals surface area contributed by atoms with Gasteiger partial charge in [0.2, 0.25) is 23.6 Å². The Labute approximate surface area is 233 Å². The Bertz CT molecular complexity index is 1180. The minimum Gasteiger partial charge on any atom is -0.488 e. The van der Waals surface area contributed by atoms with E-state index in [1.54, 1.807) is 0 Å². The number of fused-ring (bicyclic) bond motifs is 1. The average molecular weight is 585 g/mol. The molecule has 12 nitrogen and oxygen atoms in total. The first-order valence-corrected chi connectivity index (χ1v) is 13.5. The van der Waals surface area contributed by atoms with Crippen LogP contribution in [0.3, 0.4) is 0 Å². The van der Waals surface area contributed by atoms with Crippen molar-refractivity contribution in [2.24, 2.45) is 11.8 Å². The molecule has 1 aliphatic carbocycles. The fourth-order valence-corrected chi connectivity index (χ4v) is 5.95. The minimum atomic E-state index is -5.38. The first-order chi connectivity index (χ1) is 19.4. The summed E-state index contributed by atoms with van der Waals surface area (Å²) in [6.45, 7) is 2.38. The van der Waals surface area contributed by atoms with E-state index in [1.165, 1.54) is 12.2 Å². The number of likely N-dealkylation sites (N-methyl/N-ethyl adjacent to an activating group) is 1. The second kappa shape index (κ2) is 11.5. The number of alkyl halides is 3. The molecule has 3 unspecified atom stereocenters. The molecule has 4 heterocycles. The molecule has 4 saturated heterocycles. The smallest absolute Gasteiger partial charge is 0.488 e.